The highest BCUT2D eigenvalue weighted by Crippen LogP contribution is 2.26. The van der Waals surface area contributed by atoms with Crippen molar-refractivity contribution in [3.05, 3.63) is 76.2 Å². The summed E-state index contributed by atoms with van der Waals surface area (Å²) in [6, 6.07) is 13.2. The number of rotatable bonds is 5. The van der Waals surface area contributed by atoms with E-state index < -0.39 is 0 Å². The Morgan fingerprint density at radius 3 is 2.50 bits per heavy atom. The van der Waals surface area contributed by atoms with Crippen molar-refractivity contribution < 1.29 is 4.39 Å². The third-order valence-corrected chi connectivity index (χ3v) is 3.96. The molecule has 0 radical (unpaired) electrons. The molecule has 0 atom stereocenters. The average Bonchev–Trinajstić information content (AvgIpc) is 2.58. The molecule has 2 N–H and O–H groups in total. The van der Waals surface area contributed by atoms with E-state index >= 15 is 0 Å². The molecule has 0 saturated carbocycles. The standard InChI is InChI=1S/C17H13Cl2FN4/c18-14-6-5-13(9-15(14)19)23-17-21-8-7-16(24-17)22-10-11-1-3-12(20)4-2-11/h1-9H,10H2,(H2,21,22,23,24). The van der Waals surface area contributed by atoms with Gasteiger partial charge in [0, 0.05) is 18.4 Å². The van der Waals surface area contributed by atoms with Gasteiger partial charge >= 0.3 is 0 Å². The summed E-state index contributed by atoms with van der Waals surface area (Å²) in [5.41, 5.74) is 1.69. The van der Waals surface area contributed by atoms with E-state index in [4.69, 9.17) is 23.2 Å². The maximum absolute atomic E-state index is 12.9. The maximum atomic E-state index is 12.9. The summed E-state index contributed by atoms with van der Waals surface area (Å²) in [6.45, 7) is 0.531. The first-order valence-corrected chi connectivity index (χ1v) is 7.89. The average molecular weight is 363 g/mol. The summed E-state index contributed by atoms with van der Waals surface area (Å²) >= 11 is 11.9. The van der Waals surface area contributed by atoms with Gasteiger partial charge < -0.3 is 10.6 Å². The molecule has 3 rings (SSSR count). The van der Waals surface area contributed by atoms with E-state index in [0.29, 0.717) is 28.4 Å². The van der Waals surface area contributed by atoms with Crippen LogP contribution in [0, 0.1) is 5.82 Å². The molecule has 4 nitrogen and oxygen atoms in total. The van der Waals surface area contributed by atoms with Crippen LogP contribution >= 0.6 is 23.2 Å². The number of aromatic nitrogens is 2. The lowest BCUT2D eigenvalue weighted by Gasteiger charge is -2.09. The highest BCUT2D eigenvalue weighted by Gasteiger charge is 2.03. The molecule has 3 aromatic rings. The van der Waals surface area contributed by atoms with Crippen LogP contribution in [0.5, 0.6) is 0 Å². The third-order valence-electron chi connectivity index (χ3n) is 3.22. The van der Waals surface area contributed by atoms with Crippen molar-refractivity contribution in [1.82, 2.24) is 9.97 Å². The Balaban J connectivity index is 1.67. The minimum absolute atomic E-state index is 0.256. The summed E-state index contributed by atoms with van der Waals surface area (Å²) in [5.74, 6) is 0.822. The number of benzene rings is 2. The van der Waals surface area contributed by atoms with Crippen molar-refractivity contribution >= 4 is 40.7 Å². The quantitative estimate of drug-likeness (QED) is 0.648. The number of nitrogens with zero attached hydrogens (tertiary/aromatic N) is 2. The van der Waals surface area contributed by atoms with E-state index in [2.05, 4.69) is 20.6 Å². The van der Waals surface area contributed by atoms with Gasteiger partial charge in [0.1, 0.15) is 11.6 Å². The van der Waals surface area contributed by atoms with Crippen molar-refractivity contribution in [2.24, 2.45) is 0 Å². The van der Waals surface area contributed by atoms with Gasteiger partial charge in [-0.2, -0.15) is 4.98 Å². The Kier molecular flexibility index (Phi) is 5.13. The fourth-order valence-corrected chi connectivity index (χ4v) is 2.31. The molecule has 0 aliphatic carbocycles. The van der Waals surface area contributed by atoms with Crippen molar-refractivity contribution in [3.8, 4) is 0 Å². The molecule has 0 aliphatic heterocycles. The van der Waals surface area contributed by atoms with E-state index in [0.717, 1.165) is 11.3 Å². The van der Waals surface area contributed by atoms with Crippen LogP contribution in [0.2, 0.25) is 10.0 Å². The second-order valence-electron chi connectivity index (χ2n) is 5.00. The van der Waals surface area contributed by atoms with Gasteiger partial charge in [0.2, 0.25) is 5.95 Å². The molecule has 1 aromatic heterocycles. The van der Waals surface area contributed by atoms with Crippen LogP contribution in [-0.2, 0) is 6.54 Å². The van der Waals surface area contributed by atoms with Crippen LogP contribution in [0.25, 0.3) is 0 Å². The fraction of sp³-hybridized carbons (Fsp3) is 0.0588. The maximum Gasteiger partial charge on any atom is 0.229 e. The second-order valence-corrected chi connectivity index (χ2v) is 5.81. The van der Waals surface area contributed by atoms with E-state index in [9.17, 15) is 4.39 Å². The van der Waals surface area contributed by atoms with Crippen LogP contribution in [-0.4, -0.2) is 9.97 Å². The van der Waals surface area contributed by atoms with Gasteiger partial charge in [0.05, 0.1) is 10.0 Å². The Morgan fingerprint density at radius 2 is 1.75 bits per heavy atom. The smallest absolute Gasteiger partial charge is 0.229 e. The Labute approximate surface area is 148 Å². The number of hydrogen-bond acceptors (Lipinski definition) is 4. The van der Waals surface area contributed by atoms with Crippen LogP contribution < -0.4 is 10.6 Å². The number of nitrogens with one attached hydrogen (secondary N) is 2. The molecule has 122 valence electrons. The molecule has 0 fully saturated rings. The van der Waals surface area contributed by atoms with Crippen molar-refractivity contribution in [3.63, 3.8) is 0 Å². The normalized spacial score (nSPS) is 10.5. The third kappa shape index (κ3) is 4.34. The SMILES string of the molecule is Fc1ccc(CNc2ccnc(Nc3ccc(Cl)c(Cl)c3)n2)cc1. The second kappa shape index (κ2) is 7.47. The molecule has 1 heterocycles. The van der Waals surface area contributed by atoms with Gasteiger partial charge in [-0.15, -0.1) is 0 Å². The molecule has 0 spiro atoms. The van der Waals surface area contributed by atoms with Gasteiger partial charge in [-0.1, -0.05) is 35.3 Å². The highest BCUT2D eigenvalue weighted by molar-refractivity contribution is 6.42. The Bertz CT molecular complexity index is 840. The van der Waals surface area contributed by atoms with Crippen molar-refractivity contribution in [2.75, 3.05) is 10.6 Å². The zero-order chi connectivity index (χ0) is 16.9. The van der Waals surface area contributed by atoms with Gasteiger partial charge in [-0.3, -0.25) is 0 Å². The number of halogens is 3. The summed E-state index contributed by atoms with van der Waals surface area (Å²) in [4.78, 5) is 8.53. The lowest BCUT2D eigenvalue weighted by molar-refractivity contribution is 0.627. The molecule has 0 unspecified atom stereocenters. The lowest BCUT2D eigenvalue weighted by Crippen LogP contribution is -2.04. The zero-order valence-corrected chi connectivity index (χ0v) is 13.9. The summed E-state index contributed by atoms with van der Waals surface area (Å²) in [5, 5.41) is 7.16. The first kappa shape index (κ1) is 16.5. The fourth-order valence-electron chi connectivity index (χ4n) is 2.02. The lowest BCUT2D eigenvalue weighted by atomic mass is 10.2. The topological polar surface area (TPSA) is 49.8 Å². The monoisotopic (exact) mass is 362 g/mol. The molecule has 24 heavy (non-hydrogen) atoms. The predicted octanol–water partition coefficient (Wildman–Crippen LogP) is 5.28. The molecular weight excluding hydrogens is 350 g/mol. The molecular formula is C17H13Cl2FN4. The summed E-state index contributed by atoms with van der Waals surface area (Å²) in [6.07, 6.45) is 1.64. The molecule has 0 aliphatic rings. The van der Waals surface area contributed by atoms with Crippen LogP contribution in [0.4, 0.5) is 21.8 Å². The van der Waals surface area contributed by atoms with Crippen molar-refractivity contribution in [1.29, 1.82) is 0 Å². The zero-order valence-electron chi connectivity index (χ0n) is 12.4. The number of anilines is 3. The summed E-state index contributed by atoms with van der Waals surface area (Å²) in [7, 11) is 0. The van der Waals surface area contributed by atoms with Gasteiger partial charge in [-0.05, 0) is 42.0 Å². The first-order chi connectivity index (χ1) is 11.6. The van der Waals surface area contributed by atoms with Gasteiger partial charge in [-0.25, -0.2) is 9.37 Å². The first-order valence-electron chi connectivity index (χ1n) is 7.13. The largest absolute Gasteiger partial charge is 0.366 e. The molecule has 0 amide bonds. The highest BCUT2D eigenvalue weighted by atomic mass is 35.5. The minimum Gasteiger partial charge on any atom is -0.366 e. The molecule has 7 heteroatoms. The van der Waals surface area contributed by atoms with E-state index in [-0.39, 0.29) is 5.82 Å². The number of hydrogen-bond donors (Lipinski definition) is 2. The minimum atomic E-state index is -0.256. The molecule has 2 aromatic carbocycles. The molecule has 0 bridgehead atoms. The Hall–Kier alpha value is -2.37. The summed E-state index contributed by atoms with van der Waals surface area (Å²) < 4.78 is 12.9. The predicted molar refractivity (Wildman–Crippen MR) is 95.5 cm³/mol. The Morgan fingerprint density at radius 1 is 0.958 bits per heavy atom. The van der Waals surface area contributed by atoms with Gasteiger partial charge in [0.25, 0.3) is 0 Å². The van der Waals surface area contributed by atoms with Crippen LogP contribution in [0.3, 0.4) is 0 Å². The van der Waals surface area contributed by atoms with Crippen molar-refractivity contribution in [2.45, 2.75) is 6.54 Å². The van der Waals surface area contributed by atoms with Gasteiger partial charge in [0.15, 0.2) is 0 Å². The van der Waals surface area contributed by atoms with Crippen LogP contribution in [0.15, 0.2) is 54.7 Å². The van der Waals surface area contributed by atoms with E-state index in [1.807, 2.05) is 0 Å². The van der Waals surface area contributed by atoms with Crippen LogP contribution in [0.1, 0.15) is 5.56 Å². The van der Waals surface area contributed by atoms with E-state index in [1.165, 1.54) is 12.1 Å². The van der Waals surface area contributed by atoms with E-state index in [1.54, 1.807) is 42.6 Å². The molecule has 0 saturated heterocycles.